The van der Waals surface area contributed by atoms with Crippen molar-refractivity contribution in [2.24, 2.45) is 0 Å². The molecule has 0 radical (unpaired) electrons. The second-order valence-electron chi connectivity index (χ2n) is 4.08. The molecule has 0 aromatic carbocycles. The number of nitrogens with zero attached hydrogens (tertiary/aromatic N) is 4. The van der Waals surface area contributed by atoms with Crippen molar-refractivity contribution in [1.29, 1.82) is 0 Å². The van der Waals surface area contributed by atoms with Crippen LogP contribution in [0.25, 0.3) is 0 Å². The third-order valence-corrected chi connectivity index (χ3v) is 2.94. The van der Waals surface area contributed by atoms with Crippen LogP contribution >= 0.6 is 0 Å². The highest BCUT2D eigenvalue weighted by atomic mass is 15.1. The highest BCUT2D eigenvalue weighted by Gasteiger charge is 2.15. The van der Waals surface area contributed by atoms with Crippen molar-refractivity contribution >= 4 is 0 Å². The molecule has 0 fully saturated rings. The van der Waals surface area contributed by atoms with Gasteiger partial charge in [-0.15, -0.1) is 0 Å². The Morgan fingerprint density at radius 3 is 2.83 bits per heavy atom. The molecule has 1 unspecified atom stereocenters. The second kappa shape index (κ2) is 6.26. The summed E-state index contributed by atoms with van der Waals surface area (Å²) < 4.78 is 2.16. The molecule has 18 heavy (non-hydrogen) atoms. The van der Waals surface area contributed by atoms with Crippen LogP contribution < -0.4 is 5.32 Å². The average molecular weight is 245 g/mol. The molecule has 5 nitrogen and oxygen atoms in total. The second-order valence-corrected chi connectivity index (χ2v) is 4.08. The first-order valence-corrected chi connectivity index (χ1v) is 6.34. The van der Waals surface area contributed by atoms with Crippen LogP contribution in [0, 0.1) is 0 Å². The molecule has 2 heterocycles. The highest BCUT2D eigenvalue weighted by molar-refractivity contribution is 5.08. The number of aromatic nitrogens is 4. The Morgan fingerprint density at radius 1 is 1.28 bits per heavy atom. The van der Waals surface area contributed by atoms with E-state index in [4.69, 9.17) is 0 Å². The third-order valence-electron chi connectivity index (χ3n) is 2.94. The predicted octanol–water partition coefficient (Wildman–Crippen LogP) is 1.59. The molecule has 0 saturated carbocycles. The fraction of sp³-hybridized carbons (Fsp3) is 0.462. The van der Waals surface area contributed by atoms with Crippen molar-refractivity contribution in [2.45, 2.75) is 32.9 Å². The molecule has 0 bridgehead atoms. The molecule has 0 aliphatic rings. The Balaban J connectivity index is 2.16. The van der Waals surface area contributed by atoms with Crippen molar-refractivity contribution in [2.75, 3.05) is 6.54 Å². The van der Waals surface area contributed by atoms with Crippen LogP contribution in [0.3, 0.4) is 0 Å². The third kappa shape index (κ3) is 2.92. The van der Waals surface area contributed by atoms with Gasteiger partial charge in [0, 0.05) is 31.6 Å². The van der Waals surface area contributed by atoms with E-state index in [0.717, 1.165) is 31.0 Å². The van der Waals surface area contributed by atoms with Gasteiger partial charge in [-0.05, 0) is 19.5 Å². The smallest absolute Gasteiger partial charge is 0.115 e. The van der Waals surface area contributed by atoms with Gasteiger partial charge in [-0.2, -0.15) is 0 Å². The molecular formula is C13H19N5. The maximum atomic E-state index is 4.41. The van der Waals surface area contributed by atoms with E-state index in [0.29, 0.717) is 0 Å². The van der Waals surface area contributed by atoms with Gasteiger partial charge >= 0.3 is 0 Å². The number of hydrogen-bond acceptors (Lipinski definition) is 4. The Bertz CT molecular complexity index is 465. The molecule has 5 heteroatoms. The van der Waals surface area contributed by atoms with Gasteiger partial charge in [0.1, 0.15) is 12.2 Å². The first-order chi connectivity index (χ1) is 8.85. The standard InChI is InChI=1S/C13H19N5/c1-3-15-12(11-5-6-14-10-17-11)9-13-16-7-8-18(13)4-2/h5-8,10,12,15H,3-4,9H2,1-2H3. The van der Waals surface area contributed by atoms with E-state index in [9.17, 15) is 0 Å². The van der Waals surface area contributed by atoms with E-state index in [1.54, 1.807) is 12.5 Å². The molecule has 2 rings (SSSR count). The molecule has 0 aliphatic carbocycles. The first-order valence-electron chi connectivity index (χ1n) is 6.34. The van der Waals surface area contributed by atoms with Crippen LogP contribution in [0.15, 0.2) is 31.0 Å². The topological polar surface area (TPSA) is 55.6 Å². The summed E-state index contributed by atoms with van der Waals surface area (Å²) in [5.74, 6) is 1.09. The van der Waals surface area contributed by atoms with Crippen molar-refractivity contribution in [3.05, 3.63) is 42.5 Å². The van der Waals surface area contributed by atoms with Crippen molar-refractivity contribution in [3.8, 4) is 0 Å². The van der Waals surface area contributed by atoms with E-state index in [1.807, 2.05) is 18.5 Å². The zero-order chi connectivity index (χ0) is 12.8. The average Bonchev–Trinajstić information content (AvgIpc) is 2.86. The van der Waals surface area contributed by atoms with E-state index < -0.39 is 0 Å². The quantitative estimate of drug-likeness (QED) is 0.839. The molecule has 2 aromatic rings. The lowest BCUT2D eigenvalue weighted by Gasteiger charge is -2.17. The fourth-order valence-electron chi connectivity index (χ4n) is 2.04. The van der Waals surface area contributed by atoms with Gasteiger partial charge in [-0.3, -0.25) is 0 Å². The molecule has 0 amide bonds. The van der Waals surface area contributed by atoms with Crippen molar-refractivity contribution in [3.63, 3.8) is 0 Å². The normalized spacial score (nSPS) is 12.6. The molecule has 96 valence electrons. The number of rotatable bonds is 6. The Morgan fingerprint density at radius 2 is 2.17 bits per heavy atom. The van der Waals surface area contributed by atoms with Crippen LogP contribution in [0.1, 0.15) is 31.4 Å². The summed E-state index contributed by atoms with van der Waals surface area (Å²) in [5.41, 5.74) is 1.01. The van der Waals surface area contributed by atoms with E-state index in [1.165, 1.54) is 0 Å². The number of nitrogens with one attached hydrogen (secondary N) is 1. The first kappa shape index (κ1) is 12.7. The summed E-state index contributed by atoms with van der Waals surface area (Å²) in [4.78, 5) is 12.7. The van der Waals surface area contributed by atoms with Crippen molar-refractivity contribution in [1.82, 2.24) is 24.8 Å². The highest BCUT2D eigenvalue weighted by Crippen LogP contribution is 2.14. The number of imidazole rings is 1. The minimum absolute atomic E-state index is 0.186. The summed E-state index contributed by atoms with van der Waals surface area (Å²) in [6, 6.07) is 2.14. The van der Waals surface area contributed by atoms with Crippen LogP contribution in [-0.2, 0) is 13.0 Å². The van der Waals surface area contributed by atoms with Gasteiger partial charge in [-0.1, -0.05) is 6.92 Å². The monoisotopic (exact) mass is 245 g/mol. The van der Waals surface area contributed by atoms with Gasteiger partial charge in [0.25, 0.3) is 0 Å². The Labute approximate surface area is 107 Å². The Hall–Kier alpha value is -1.75. The molecule has 0 aliphatic heterocycles. The van der Waals surface area contributed by atoms with Gasteiger partial charge in [-0.25, -0.2) is 15.0 Å². The Kier molecular flexibility index (Phi) is 4.41. The summed E-state index contributed by atoms with van der Waals surface area (Å²) >= 11 is 0. The van der Waals surface area contributed by atoms with E-state index in [2.05, 4.69) is 38.7 Å². The lowest BCUT2D eigenvalue weighted by atomic mass is 10.1. The van der Waals surface area contributed by atoms with Crippen LogP contribution in [0.5, 0.6) is 0 Å². The summed E-state index contributed by atoms with van der Waals surface area (Å²) in [5, 5.41) is 3.44. The zero-order valence-corrected chi connectivity index (χ0v) is 10.9. The molecular weight excluding hydrogens is 226 g/mol. The maximum Gasteiger partial charge on any atom is 0.115 e. The molecule has 2 aromatic heterocycles. The molecule has 1 atom stereocenters. The predicted molar refractivity (Wildman–Crippen MR) is 70.1 cm³/mol. The van der Waals surface area contributed by atoms with Crippen LogP contribution in [-0.4, -0.2) is 26.1 Å². The molecule has 0 saturated heterocycles. The minimum Gasteiger partial charge on any atom is -0.335 e. The summed E-state index contributed by atoms with van der Waals surface area (Å²) in [7, 11) is 0. The van der Waals surface area contributed by atoms with Gasteiger partial charge in [0.15, 0.2) is 0 Å². The van der Waals surface area contributed by atoms with Gasteiger partial charge < -0.3 is 9.88 Å². The summed E-state index contributed by atoms with van der Waals surface area (Å²) in [6.07, 6.45) is 8.07. The minimum atomic E-state index is 0.186. The number of likely N-dealkylation sites (N-methyl/N-ethyl adjacent to an activating group) is 1. The van der Waals surface area contributed by atoms with E-state index in [-0.39, 0.29) is 6.04 Å². The molecule has 0 spiro atoms. The lowest BCUT2D eigenvalue weighted by molar-refractivity contribution is 0.510. The number of hydrogen-bond donors (Lipinski definition) is 1. The molecule has 1 N–H and O–H groups in total. The van der Waals surface area contributed by atoms with Crippen LogP contribution in [0.2, 0.25) is 0 Å². The van der Waals surface area contributed by atoms with Gasteiger partial charge in [0.2, 0.25) is 0 Å². The lowest BCUT2D eigenvalue weighted by Crippen LogP contribution is -2.25. The largest absolute Gasteiger partial charge is 0.335 e. The van der Waals surface area contributed by atoms with Crippen molar-refractivity contribution < 1.29 is 0 Å². The maximum absolute atomic E-state index is 4.41. The zero-order valence-electron chi connectivity index (χ0n) is 10.9. The fourth-order valence-corrected chi connectivity index (χ4v) is 2.04. The SMILES string of the molecule is CCNC(Cc1nccn1CC)c1ccncn1. The van der Waals surface area contributed by atoms with Crippen LogP contribution in [0.4, 0.5) is 0 Å². The summed E-state index contributed by atoms with van der Waals surface area (Å²) in [6.45, 7) is 6.07. The number of aryl methyl sites for hydroxylation is 1. The van der Waals surface area contributed by atoms with Gasteiger partial charge in [0.05, 0.1) is 11.7 Å². The van der Waals surface area contributed by atoms with E-state index >= 15 is 0 Å².